The average Bonchev–Trinajstić information content (AvgIpc) is 2.73. The van der Waals surface area contributed by atoms with Gasteiger partial charge in [-0.15, -0.1) is 0 Å². The molecule has 8 heteroatoms. The molecule has 0 radical (unpaired) electrons. The Morgan fingerprint density at radius 3 is 2.21 bits per heavy atom. The van der Waals surface area contributed by atoms with E-state index in [4.69, 9.17) is 0 Å². The van der Waals surface area contributed by atoms with Gasteiger partial charge in [0.1, 0.15) is 11.6 Å². The van der Waals surface area contributed by atoms with E-state index in [1.807, 2.05) is 6.92 Å². The number of halogens is 2. The summed E-state index contributed by atoms with van der Waals surface area (Å²) in [5.41, 5.74) is 0.800. The largest absolute Gasteiger partial charge is 0.339 e. The number of nitrogens with zero attached hydrogens (tertiary/aromatic N) is 2. The standard InChI is InChI=1S/C21H24F2N2O3S/c1-15(16-5-7-18(22)8-6-16)24(2)21(26)17-4-3-13-25(14-17)29(27,28)20-11-9-19(23)10-12-20/h5-12,15,17H,3-4,13-14H2,1-2H3. The Balaban J connectivity index is 1.73. The van der Waals surface area contributed by atoms with Gasteiger partial charge >= 0.3 is 0 Å². The zero-order valence-electron chi connectivity index (χ0n) is 16.4. The minimum atomic E-state index is -3.79. The molecular formula is C21H24F2N2O3S. The lowest BCUT2D eigenvalue weighted by atomic mass is 9.97. The lowest BCUT2D eigenvalue weighted by Gasteiger charge is -2.35. The number of rotatable bonds is 5. The maximum absolute atomic E-state index is 13.2. The fourth-order valence-corrected chi connectivity index (χ4v) is 5.09. The number of carbonyl (C=O) groups is 1. The molecule has 0 aromatic heterocycles. The van der Waals surface area contributed by atoms with Crippen molar-refractivity contribution in [1.82, 2.24) is 9.21 Å². The average molecular weight is 422 g/mol. The molecule has 2 aromatic rings. The van der Waals surface area contributed by atoms with Crippen molar-refractivity contribution >= 4 is 15.9 Å². The monoisotopic (exact) mass is 422 g/mol. The molecule has 1 amide bonds. The minimum absolute atomic E-state index is 0.0139. The molecule has 0 aliphatic carbocycles. The third kappa shape index (κ3) is 4.64. The van der Waals surface area contributed by atoms with Gasteiger partial charge in [-0.2, -0.15) is 4.31 Å². The zero-order chi connectivity index (χ0) is 21.2. The highest BCUT2D eigenvalue weighted by molar-refractivity contribution is 7.89. The van der Waals surface area contributed by atoms with Crippen LogP contribution in [0.1, 0.15) is 31.4 Å². The van der Waals surface area contributed by atoms with Gasteiger partial charge in [-0.1, -0.05) is 12.1 Å². The summed E-state index contributed by atoms with van der Waals surface area (Å²) in [6, 6.07) is 10.4. The summed E-state index contributed by atoms with van der Waals surface area (Å²) < 4.78 is 53.3. The topological polar surface area (TPSA) is 57.7 Å². The van der Waals surface area contributed by atoms with Crippen molar-refractivity contribution in [2.75, 3.05) is 20.1 Å². The van der Waals surface area contributed by atoms with Gasteiger partial charge in [-0.25, -0.2) is 17.2 Å². The van der Waals surface area contributed by atoms with Crippen LogP contribution in [0.4, 0.5) is 8.78 Å². The molecule has 5 nitrogen and oxygen atoms in total. The number of benzene rings is 2. The normalized spacial score (nSPS) is 19.0. The summed E-state index contributed by atoms with van der Waals surface area (Å²) in [6.07, 6.45) is 1.16. The molecule has 0 spiro atoms. The lowest BCUT2D eigenvalue weighted by molar-refractivity contribution is -0.137. The van der Waals surface area contributed by atoms with Crippen LogP contribution in [0.15, 0.2) is 53.4 Å². The summed E-state index contributed by atoms with van der Waals surface area (Å²) in [6.45, 7) is 2.25. The van der Waals surface area contributed by atoms with E-state index in [0.717, 1.165) is 17.7 Å². The van der Waals surface area contributed by atoms with Crippen LogP contribution < -0.4 is 0 Å². The van der Waals surface area contributed by atoms with Crippen LogP contribution in [0.5, 0.6) is 0 Å². The van der Waals surface area contributed by atoms with E-state index in [2.05, 4.69) is 0 Å². The van der Waals surface area contributed by atoms with Crippen molar-refractivity contribution in [1.29, 1.82) is 0 Å². The molecule has 2 unspecified atom stereocenters. The Labute approximate surface area is 170 Å². The van der Waals surface area contributed by atoms with E-state index in [-0.39, 0.29) is 29.2 Å². The lowest BCUT2D eigenvalue weighted by Crippen LogP contribution is -2.46. The molecule has 1 heterocycles. The Bertz CT molecular complexity index is 962. The highest BCUT2D eigenvalue weighted by Crippen LogP contribution is 2.27. The van der Waals surface area contributed by atoms with Gasteiger partial charge in [0.05, 0.1) is 16.9 Å². The van der Waals surface area contributed by atoms with Crippen LogP contribution in [0, 0.1) is 17.6 Å². The van der Waals surface area contributed by atoms with Crippen LogP contribution in [-0.4, -0.2) is 43.7 Å². The maximum Gasteiger partial charge on any atom is 0.243 e. The number of carbonyl (C=O) groups excluding carboxylic acids is 1. The molecule has 1 aliphatic heterocycles. The first-order valence-corrected chi connectivity index (χ1v) is 10.9. The van der Waals surface area contributed by atoms with Crippen LogP contribution in [0.2, 0.25) is 0 Å². The van der Waals surface area contributed by atoms with Crippen LogP contribution in [0.25, 0.3) is 0 Å². The van der Waals surface area contributed by atoms with Crippen molar-refractivity contribution in [2.45, 2.75) is 30.7 Å². The SMILES string of the molecule is CC(c1ccc(F)cc1)N(C)C(=O)C1CCCN(S(=O)(=O)c2ccc(F)cc2)C1. The van der Waals surface area contributed by atoms with Gasteiger partial charge < -0.3 is 4.90 Å². The van der Waals surface area contributed by atoms with Crippen molar-refractivity contribution in [3.63, 3.8) is 0 Å². The van der Waals surface area contributed by atoms with Crippen molar-refractivity contribution in [2.24, 2.45) is 5.92 Å². The quantitative estimate of drug-likeness (QED) is 0.740. The van der Waals surface area contributed by atoms with E-state index in [1.165, 1.54) is 28.6 Å². The fourth-order valence-electron chi connectivity index (χ4n) is 3.56. The second kappa shape index (κ2) is 8.59. The number of sulfonamides is 1. The Morgan fingerprint density at radius 1 is 1.07 bits per heavy atom. The number of piperidine rings is 1. The molecule has 1 saturated heterocycles. The third-order valence-corrected chi connectivity index (χ3v) is 7.35. The highest BCUT2D eigenvalue weighted by Gasteiger charge is 2.35. The van der Waals surface area contributed by atoms with E-state index in [0.29, 0.717) is 19.4 Å². The van der Waals surface area contributed by atoms with E-state index < -0.39 is 21.8 Å². The predicted octanol–water partition coefficient (Wildman–Crippen LogP) is 3.59. The summed E-state index contributed by atoms with van der Waals surface area (Å²) in [7, 11) is -2.12. The first-order chi connectivity index (χ1) is 13.7. The van der Waals surface area contributed by atoms with Gasteiger partial charge in [0.25, 0.3) is 0 Å². The minimum Gasteiger partial charge on any atom is -0.339 e. The Morgan fingerprint density at radius 2 is 1.62 bits per heavy atom. The molecule has 0 saturated carbocycles. The molecule has 0 N–H and O–H groups in total. The van der Waals surface area contributed by atoms with Gasteiger partial charge in [0, 0.05) is 20.1 Å². The molecule has 2 aromatic carbocycles. The van der Waals surface area contributed by atoms with E-state index in [1.54, 1.807) is 24.1 Å². The molecular weight excluding hydrogens is 398 g/mol. The van der Waals surface area contributed by atoms with Gasteiger partial charge in [0.15, 0.2) is 0 Å². The van der Waals surface area contributed by atoms with Gasteiger partial charge in [-0.3, -0.25) is 4.79 Å². The van der Waals surface area contributed by atoms with E-state index >= 15 is 0 Å². The van der Waals surface area contributed by atoms with Crippen LogP contribution in [0.3, 0.4) is 0 Å². The maximum atomic E-state index is 13.2. The third-order valence-electron chi connectivity index (χ3n) is 5.47. The summed E-state index contributed by atoms with van der Waals surface area (Å²) in [4.78, 5) is 14.6. The molecule has 1 aliphatic rings. The molecule has 1 fully saturated rings. The van der Waals surface area contributed by atoms with Crippen molar-refractivity contribution in [3.8, 4) is 0 Å². The molecule has 156 valence electrons. The first kappa shape index (κ1) is 21.4. The summed E-state index contributed by atoms with van der Waals surface area (Å²) >= 11 is 0. The smallest absolute Gasteiger partial charge is 0.243 e. The molecule has 0 bridgehead atoms. The van der Waals surface area contributed by atoms with Crippen molar-refractivity contribution in [3.05, 3.63) is 65.7 Å². The molecule has 2 atom stereocenters. The summed E-state index contributed by atoms with van der Waals surface area (Å²) in [5, 5.41) is 0. The Kier molecular flexibility index (Phi) is 6.33. The molecule has 29 heavy (non-hydrogen) atoms. The number of amides is 1. The first-order valence-electron chi connectivity index (χ1n) is 9.48. The zero-order valence-corrected chi connectivity index (χ0v) is 17.2. The Hall–Kier alpha value is -2.32. The van der Waals surface area contributed by atoms with Gasteiger partial charge in [-0.05, 0) is 61.7 Å². The molecule has 3 rings (SSSR count). The summed E-state index contributed by atoms with van der Waals surface area (Å²) in [5.74, 6) is -1.47. The fraction of sp³-hybridized carbons (Fsp3) is 0.381. The second-order valence-electron chi connectivity index (χ2n) is 7.33. The predicted molar refractivity (Wildman–Crippen MR) is 105 cm³/mol. The second-order valence-corrected chi connectivity index (χ2v) is 9.27. The van der Waals surface area contributed by atoms with Crippen molar-refractivity contribution < 1.29 is 22.0 Å². The van der Waals surface area contributed by atoms with Crippen LogP contribution in [-0.2, 0) is 14.8 Å². The highest BCUT2D eigenvalue weighted by atomic mass is 32.2. The number of hydrogen-bond acceptors (Lipinski definition) is 3. The van der Waals surface area contributed by atoms with Gasteiger partial charge in [0.2, 0.25) is 15.9 Å². The number of hydrogen-bond donors (Lipinski definition) is 0. The van der Waals surface area contributed by atoms with Crippen LogP contribution >= 0.6 is 0 Å². The van der Waals surface area contributed by atoms with E-state index in [9.17, 15) is 22.0 Å².